The Hall–Kier alpha value is -3.08. The summed E-state index contributed by atoms with van der Waals surface area (Å²) in [5, 5.41) is 7.00. The van der Waals surface area contributed by atoms with Crippen molar-refractivity contribution in [2.24, 2.45) is 0 Å². The van der Waals surface area contributed by atoms with Crippen LogP contribution in [0.5, 0.6) is 0 Å². The van der Waals surface area contributed by atoms with Gasteiger partial charge in [0.15, 0.2) is 0 Å². The molecule has 0 atom stereocenters. The highest BCUT2D eigenvalue weighted by atomic mass is 16.1. The van der Waals surface area contributed by atoms with Crippen LogP contribution >= 0.6 is 0 Å². The number of nitrogens with zero attached hydrogens (tertiary/aromatic N) is 2. The summed E-state index contributed by atoms with van der Waals surface area (Å²) in [6.45, 7) is 0. The van der Waals surface area contributed by atoms with Crippen LogP contribution in [0.25, 0.3) is 5.69 Å². The number of anilines is 2. The van der Waals surface area contributed by atoms with Crippen molar-refractivity contribution in [2.75, 3.05) is 11.1 Å². The monoisotopic (exact) mass is 278 g/mol. The van der Waals surface area contributed by atoms with Crippen molar-refractivity contribution in [3.8, 4) is 5.69 Å². The molecule has 1 aromatic heterocycles. The first kappa shape index (κ1) is 12.9. The number of hydrogen-bond donors (Lipinski definition) is 2. The number of nitrogens with two attached hydrogens (primary N) is 1. The summed E-state index contributed by atoms with van der Waals surface area (Å²) in [5.74, 6) is -0.207. The number of amides is 1. The highest BCUT2D eigenvalue weighted by molar-refractivity contribution is 6.04. The summed E-state index contributed by atoms with van der Waals surface area (Å²) in [4.78, 5) is 12.1. The number of nitrogen functional groups attached to an aromatic ring is 1. The number of carbonyl (C=O) groups is 1. The first-order valence-electron chi connectivity index (χ1n) is 6.49. The van der Waals surface area contributed by atoms with Crippen LogP contribution in [0.3, 0.4) is 0 Å². The standard InChI is InChI=1S/C16H14N4O/c17-13-6-8-14(9-7-13)19-16(21)12-10-18-20(11-12)15-4-2-1-3-5-15/h1-11H,17H2,(H,19,21). The van der Waals surface area contributed by atoms with Crippen LogP contribution in [0.4, 0.5) is 11.4 Å². The largest absolute Gasteiger partial charge is 0.399 e. The van der Waals surface area contributed by atoms with E-state index in [0.29, 0.717) is 16.9 Å². The number of rotatable bonds is 3. The second kappa shape index (κ2) is 5.50. The molecule has 0 fully saturated rings. The predicted molar refractivity (Wildman–Crippen MR) is 82.4 cm³/mol. The van der Waals surface area contributed by atoms with E-state index in [-0.39, 0.29) is 5.91 Å². The Kier molecular flexibility index (Phi) is 3.39. The number of hydrogen-bond acceptors (Lipinski definition) is 3. The summed E-state index contributed by atoms with van der Waals surface area (Å²) in [6.07, 6.45) is 3.24. The van der Waals surface area contributed by atoms with Gasteiger partial charge >= 0.3 is 0 Å². The molecule has 3 N–H and O–H groups in total. The van der Waals surface area contributed by atoms with Gasteiger partial charge in [-0.2, -0.15) is 5.10 Å². The van der Waals surface area contributed by atoms with Crippen molar-refractivity contribution in [2.45, 2.75) is 0 Å². The lowest BCUT2D eigenvalue weighted by Gasteiger charge is -2.03. The fraction of sp³-hybridized carbons (Fsp3) is 0. The molecule has 0 saturated carbocycles. The van der Waals surface area contributed by atoms with Crippen LogP contribution < -0.4 is 11.1 Å². The third kappa shape index (κ3) is 2.92. The fourth-order valence-corrected chi connectivity index (χ4v) is 1.93. The molecule has 0 saturated heterocycles. The van der Waals surface area contributed by atoms with Gasteiger partial charge in [-0.05, 0) is 36.4 Å². The van der Waals surface area contributed by atoms with Crippen LogP contribution in [0.1, 0.15) is 10.4 Å². The van der Waals surface area contributed by atoms with E-state index < -0.39 is 0 Å². The molecule has 0 spiro atoms. The molecule has 5 heteroatoms. The lowest BCUT2D eigenvalue weighted by molar-refractivity contribution is 0.102. The molecule has 0 aliphatic heterocycles. The van der Waals surface area contributed by atoms with Crippen molar-refractivity contribution in [3.63, 3.8) is 0 Å². The Labute approximate surface area is 122 Å². The number of benzene rings is 2. The molecule has 0 aliphatic rings. The third-order valence-corrected chi connectivity index (χ3v) is 3.03. The average Bonchev–Trinajstić information content (AvgIpc) is 3.00. The molecule has 0 radical (unpaired) electrons. The van der Waals surface area contributed by atoms with E-state index in [9.17, 15) is 4.79 Å². The summed E-state index contributed by atoms with van der Waals surface area (Å²) < 4.78 is 1.66. The minimum Gasteiger partial charge on any atom is -0.399 e. The van der Waals surface area contributed by atoms with E-state index in [1.807, 2.05) is 30.3 Å². The van der Waals surface area contributed by atoms with E-state index >= 15 is 0 Å². The van der Waals surface area contributed by atoms with Crippen LogP contribution in [0.2, 0.25) is 0 Å². The Balaban J connectivity index is 1.77. The Morgan fingerprint density at radius 2 is 1.76 bits per heavy atom. The number of aromatic nitrogens is 2. The van der Waals surface area contributed by atoms with Gasteiger partial charge in [0.2, 0.25) is 0 Å². The van der Waals surface area contributed by atoms with Crippen molar-refractivity contribution in [1.82, 2.24) is 9.78 Å². The maximum atomic E-state index is 12.1. The average molecular weight is 278 g/mol. The van der Waals surface area contributed by atoms with Crippen LogP contribution in [-0.4, -0.2) is 15.7 Å². The van der Waals surface area contributed by atoms with Gasteiger partial charge in [-0.25, -0.2) is 4.68 Å². The summed E-state index contributed by atoms with van der Waals surface area (Å²) in [5.41, 5.74) is 8.37. The molecular formula is C16H14N4O. The van der Waals surface area contributed by atoms with E-state index in [0.717, 1.165) is 5.69 Å². The highest BCUT2D eigenvalue weighted by Gasteiger charge is 2.09. The minimum absolute atomic E-state index is 0.207. The van der Waals surface area contributed by atoms with Crippen molar-refractivity contribution < 1.29 is 4.79 Å². The Morgan fingerprint density at radius 3 is 2.48 bits per heavy atom. The molecule has 0 aliphatic carbocycles. The molecule has 0 unspecified atom stereocenters. The van der Waals surface area contributed by atoms with E-state index in [2.05, 4.69) is 10.4 Å². The Morgan fingerprint density at radius 1 is 1.05 bits per heavy atom. The zero-order chi connectivity index (χ0) is 14.7. The zero-order valence-corrected chi connectivity index (χ0v) is 11.2. The first-order chi connectivity index (χ1) is 10.2. The van der Waals surface area contributed by atoms with Gasteiger partial charge in [-0.1, -0.05) is 18.2 Å². The van der Waals surface area contributed by atoms with Gasteiger partial charge in [0, 0.05) is 17.6 Å². The van der Waals surface area contributed by atoms with Gasteiger partial charge in [-0.15, -0.1) is 0 Å². The Bertz CT molecular complexity index is 747. The number of para-hydroxylation sites is 1. The van der Waals surface area contributed by atoms with Crippen LogP contribution in [0, 0.1) is 0 Å². The molecule has 5 nitrogen and oxygen atoms in total. The van der Waals surface area contributed by atoms with Crippen molar-refractivity contribution >= 4 is 17.3 Å². The van der Waals surface area contributed by atoms with Crippen LogP contribution in [0.15, 0.2) is 67.0 Å². The van der Waals surface area contributed by atoms with Gasteiger partial charge in [0.1, 0.15) is 0 Å². The smallest absolute Gasteiger partial charge is 0.258 e. The predicted octanol–water partition coefficient (Wildman–Crippen LogP) is 2.71. The molecule has 21 heavy (non-hydrogen) atoms. The molecule has 2 aromatic carbocycles. The summed E-state index contributed by atoms with van der Waals surface area (Å²) >= 11 is 0. The molecular weight excluding hydrogens is 264 g/mol. The van der Waals surface area contributed by atoms with Gasteiger partial charge < -0.3 is 11.1 Å². The zero-order valence-electron chi connectivity index (χ0n) is 11.2. The quantitative estimate of drug-likeness (QED) is 0.723. The van der Waals surface area contributed by atoms with Gasteiger partial charge in [-0.3, -0.25) is 4.79 Å². The molecule has 1 heterocycles. The molecule has 0 bridgehead atoms. The topological polar surface area (TPSA) is 72.9 Å². The summed E-state index contributed by atoms with van der Waals surface area (Å²) in [6, 6.07) is 16.6. The van der Waals surface area contributed by atoms with Gasteiger partial charge in [0.25, 0.3) is 5.91 Å². The molecule has 3 rings (SSSR count). The molecule has 3 aromatic rings. The lowest BCUT2D eigenvalue weighted by atomic mass is 10.2. The van der Waals surface area contributed by atoms with E-state index in [4.69, 9.17) is 5.73 Å². The highest BCUT2D eigenvalue weighted by Crippen LogP contribution is 2.13. The maximum absolute atomic E-state index is 12.1. The molecule has 104 valence electrons. The minimum atomic E-state index is -0.207. The normalized spacial score (nSPS) is 10.3. The molecule has 1 amide bonds. The second-order valence-corrected chi connectivity index (χ2v) is 4.59. The first-order valence-corrected chi connectivity index (χ1v) is 6.49. The number of nitrogens with one attached hydrogen (secondary N) is 1. The van der Waals surface area contributed by atoms with E-state index in [1.165, 1.54) is 0 Å². The number of carbonyl (C=O) groups excluding carboxylic acids is 1. The lowest BCUT2D eigenvalue weighted by Crippen LogP contribution is -2.11. The van der Waals surface area contributed by atoms with Crippen molar-refractivity contribution in [1.29, 1.82) is 0 Å². The SMILES string of the molecule is Nc1ccc(NC(=O)c2cnn(-c3ccccc3)c2)cc1. The summed E-state index contributed by atoms with van der Waals surface area (Å²) in [7, 11) is 0. The third-order valence-electron chi connectivity index (χ3n) is 3.03. The maximum Gasteiger partial charge on any atom is 0.258 e. The van der Waals surface area contributed by atoms with Crippen LogP contribution in [-0.2, 0) is 0 Å². The van der Waals surface area contributed by atoms with E-state index in [1.54, 1.807) is 41.3 Å². The van der Waals surface area contributed by atoms with Crippen molar-refractivity contribution in [3.05, 3.63) is 72.6 Å². The van der Waals surface area contributed by atoms with Gasteiger partial charge in [0.05, 0.1) is 17.4 Å². The second-order valence-electron chi connectivity index (χ2n) is 4.59. The fourth-order valence-electron chi connectivity index (χ4n) is 1.93.